The van der Waals surface area contributed by atoms with Gasteiger partial charge in [-0.25, -0.2) is 4.79 Å². The Kier molecular flexibility index (Phi) is 5.45. The van der Waals surface area contributed by atoms with Crippen LogP contribution in [-0.2, 0) is 10.9 Å². The van der Waals surface area contributed by atoms with Crippen molar-refractivity contribution in [2.24, 2.45) is 0 Å². The van der Waals surface area contributed by atoms with Crippen molar-refractivity contribution in [3.05, 3.63) is 40.9 Å². The minimum Gasteiger partial charge on any atom is -0.450 e. The molecule has 0 fully saturated rings. The first-order valence-electron chi connectivity index (χ1n) is 6.71. The average Bonchev–Trinajstić information content (AvgIpc) is 2.50. The fourth-order valence-corrected chi connectivity index (χ4v) is 1.91. The number of aromatic nitrogens is 2. The zero-order valence-electron chi connectivity index (χ0n) is 12.3. The predicted octanol–water partition coefficient (Wildman–Crippen LogP) is 4.46. The highest BCUT2D eigenvalue weighted by molar-refractivity contribution is 6.30. The van der Waals surface area contributed by atoms with Crippen LogP contribution in [0.4, 0.5) is 35.3 Å². The van der Waals surface area contributed by atoms with Crippen LogP contribution in [0.5, 0.6) is 0 Å². The molecule has 2 N–H and O–H groups in total. The third-order valence-corrected chi connectivity index (χ3v) is 2.95. The molecule has 0 unspecified atom stereocenters. The van der Waals surface area contributed by atoms with Crippen molar-refractivity contribution < 1.29 is 22.7 Å². The van der Waals surface area contributed by atoms with E-state index in [9.17, 15) is 18.0 Å². The second-order valence-corrected chi connectivity index (χ2v) is 4.90. The molecule has 128 valence electrons. The summed E-state index contributed by atoms with van der Waals surface area (Å²) in [6.07, 6.45) is -5.28. The second kappa shape index (κ2) is 7.35. The maximum Gasteiger partial charge on any atom is 0.418 e. The minimum atomic E-state index is -4.58. The van der Waals surface area contributed by atoms with Gasteiger partial charge in [-0.1, -0.05) is 11.6 Å². The summed E-state index contributed by atoms with van der Waals surface area (Å²) in [5.74, 6) is 0.170. The molecular formula is C14H12ClF3N4O2. The van der Waals surface area contributed by atoms with Crippen LogP contribution in [0, 0.1) is 0 Å². The van der Waals surface area contributed by atoms with Crippen molar-refractivity contribution in [3.63, 3.8) is 0 Å². The maximum absolute atomic E-state index is 13.0. The normalized spacial score (nSPS) is 11.0. The third kappa shape index (κ3) is 4.72. The molecular weight excluding hydrogens is 349 g/mol. The maximum atomic E-state index is 13.0. The van der Waals surface area contributed by atoms with Gasteiger partial charge in [0.05, 0.1) is 17.9 Å². The number of carbonyl (C=O) groups is 1. The van der Waals surface area contributed by atoms with E-state index in [1.54, 1.807) is 6.92 Å². The second-order valence-electron chi connectivity index (χ2n) is 4.46. The first-order valence-corrected chi connectivity index (χ1v) is 7.08. The number of hydrogen-bond donors (Lipinski definition) is 2. The van der Waals surface area contributed by atoms with Crippen LogP contribution in [0.1, 0.15) is 12.5 Å². The van der Waals surface area contributed by atoms with Crippen molar-refractivity contribution in [3.8, 4) is 0 Å². The highest BCUT2D eigenvalue weighted by atomic mass is 35.5. The molecule has 0 aliphatic rings. The van der Waals surface area contributed by atoms with E-state index in [1.807, 2.05) is 0 Å². The molecule has 10 heteroatoms. The molecule has 2 aromatic rings. The van der Waals surface area contributed by atoms with Crippen molar-refractivity contribution >= 4 is 35.0 Å². The fraction of sp³-hybridized carbons (Fsp3) is 0.214. The van der Waals surface area contributed by atoms with Crippen LogP contribution >= 0.6 is 11.6 Å². The Morgan fingerprint density at radius 3 is 2.46 bits per heavy atom. The van der Waals surface area contributed by atoms with Gasteiger partial charge in [-0.3, -0.25) is 5.32 Å². The van der Waals surface area contributed by atoms with Crippen LogP contribution in [0.3, 0.4) is 0 Å². The molecule has 1 aromatic heterocycles. The Hall–Kier alpha value is -2.55. The van der Waals surface area contributed by atoms with Crippen LogP contribution in [0.15, 0.2) is 30.3 Å². The molecule has 2 rings (SSSR count). The van der Waals surface area contributed by atoms with Crippen molar-refractivity contribution in [1.82, 2.24) is 10.2 Å². The van der Waals surface area contributed by atoms with Crippen molar-refractivity contribution in [1.29, 1.82) is 0 Å². The number of ether oxygens (including phenoxy) is 1. The van der Waals surface area contributed by atoms with E-state index >= 15 is 0 Å². The van der Waals surface area contributed by atoms with Gasteiger partial charge < -0.3 is 10.1 Å². The molecule has 0 saturated carbocycles. The number of benzene rings is 1. The lowest BCUT2D eigenvalue weighted by molar-refractivity contribution is -0.136. The largest absolute Gasteiger partial charge is 0.450 e. The SMILES string of the molecule is CCOC(=O)Nc1ccc(Nc2ccc(Cl)cc2C(F)(F)F)nn1. The van der Waals surface area contributed by atoms with Crippen molar-refractivity contribution in [2.75, 3.05) is 17.2 Å². The number of alkyl halides is 3. The van der Waals surface area contributed by atoms with Gasteiger partial charge in [0.15, 0.2) is 11.6 Å². The fourth-order valence-electron chi connectivity index (χ4n) is 1.74. The van der Waals surface area contributed by atoms with Gasteiger partial charge in [0.2, 0.25) is 0 Å². The minimum absolute atomic E-state index is 0.0343. The highest BCUT2D eigenvalue weighted by Gasteiger charge is 2.33. The molecule has 1 aromatic carbocycles. The summed E-state index contributed by atoms with van der Waals surface area (Å²) in [6, 6.07) is 6.06. The summed E-state index contributed by atoms with van der Waals surface area (Å²) in [5, 5.41) is 12.2. The Labute approximate surface area is 140 Å². The van der Waals surface area contributed by atoms with Gasteiger partial charge in [-0.15, -0.1) is 10.2 Å². The zero-order valence-corrected chi connectivity index (χ0v) is 13.1. The standard InChI is InChI=1S/C14H12ClF3N4O2/c1-2-24-13(23)20-12-6-5-11(21-22-12)19-10-4-3-8(15)7-9(10)14(16,17)18/h3-7H,2H2,1H3,(H,19,21)(H,20,22,23). The summed E-state index contributed by atoms with van der Waals surface area (Å²) in [6.45, 7) is 1.83. The predicted molar refractivity (Wildman–Crippen MR) is 82.4 cm³/mol. The molecule has 1 heterocycles. The molecule has 0 spiro atoms. The van der Waals surface area contributed by atoms with Crippen LogP contribution in [-0.4, -0.2) is 22.9 Å². The van der Waals surface area contributed by atoms with Gasteiger partial charge in [-0.05, 0) is 37.3 Å². The molecule has 0 saturated heterocycles. The van der Waals surface area contributed by atoms with E-state index in [2.05, 4.69) is 25.6 Å². The number of carbonyl (C=O) groups excluding carboxylic acids is 1. The summed E-state index contributed by atoms with van der Waals surface area (Å²) in [4.78, 5) is 11.2. The summed E-state index contributed by atoms with van der Waals surface area (Å²) >= 11 is 5.61. The topological polar surface area (TPSA) is 76.1 Å². The average molecular weight is 361 g/mol. The smallest absolute Gasteiger partial charge is 0.418 e. The van der Waals surface area contributed by atoms with E-state index < -0.39 is 17.8 Å². The van der Waals surface area contributed by atoms with Gasteiger partial charge in [0, 0.05) is 5.02 Å². The van der Waals surface area contributed by atoms with Crippen molar-refractivity contribution in [2.45, 2.75) is 13.1 Å². The number of nitrogens with one attached hydrogen (secondary N) is 2. The quantitative estimate of drug-likeness (QED) is 0.841. The number of hydrogen-bond acceptors (Lipinski definition) is 5. The molecule has 1 amide bonds. The molecule has 6 nitrogen and oxygen atoms in total. The van der Waals surface area contributed by atoms with Crippen LogP contribution < -0.4 is 10.6 Å². The molecule has 0 radical (unpaired) electrons. The lowest BCUT2D eigenvalue weighted by atomic mass is 10.1. The van der Waals surface area contributed by atoms with Gasteiger partial charge in [-0.2, -0.15) is 13.2 Å². The molecule has 0 aliphatic carbocycles. The monoisotopic (exact) mass is 360 g/mol. The number of amides is 1. The third-order valence-electron chi connectivity index (χ3n) is 2.72. The molecule has 0 aliphatic heterocycles. The highest BCUT2D eigenvalue weighted by Crippen LogP contribution is 2.37. The first-order chi connectivity index (χ1) is 11.3. The number of anilines is 3. The van der Waals surface area contributed by atoms with Gasteiger partial charge >= 0.3 is 12.3 Å². The van der Waals surface area contributed by atoms with Gasteiger partial charge in [0.1, 0.15) is 0 Å². The lowest BCUT2D eigenvalue weighted by Crippen LogP contribution is -2.15. The van der Waals surface area contributed by atoms with Gasteiger partial charge in [0.25, 0.3) is 0 Å². The zero-order chi connectivity index (χ0) is 17.7. The van der Waals surface area contributed by atoms with E-state index in [0.29, 0.717) is 0 Å². The number of nitrogens with zero attached hydrogens (tertiary/aromatic N) is 2. The van der Waals surface area contributed by atoms with Crippen LogP contribution in [0.25, 0.3) is 0 Å². The van der Waals surface area contributed by atoms with E-state index in [4.69, 9.17) is 11.6 Å². The van der Waals surface area contributed by atoms with Crippen LogP contribution in [0.2, 0.25) is 5.02 Å². The Balaban J connectivity index is 2.16. The summed E-state index contributed by atoms with van der Waals surface area (Å²) in [7, 11) is 0. The summed E-state index contributed by atoms with van der Waals surface area (Å²) in [5.41, 5.74) is -1.14. The Morgan fingerprint density at radius 2 is 1.88 bits per heavy atom. The molecule has 0 bridgehead atoms. The first kappa shape index (κ1) is 17.8. The van der Waals surface area contributed by atoms with E-state index in [1.165, 1.54) is 24.3 Å². The Bertz CT molecular complexity index is 723. The summed E-state index contributed by atoms with van der Waals surface area (Å²) < 4.78 is 43.7. The molecule has 0 atom stereocenters. The lowest BCUT2D eigenvalue weighted by Gasteiger charge is -2.14. The van der Waals surface area contributed by atoms with E-state index in [0.717, 1.165) is 6.07 Å². The van der Waals surface area contributed by atoms with E-state index in [-0.39, 0.29) is 29.0 Å². The number of rotatable bonds is 4. The number of halogens is 4. The Morgan fingerprint density at radius 1 is 1.21 bits per heavy atom. The molecule has 24 heavy (non-hydrogen) atoms.